The van der Waals surface area contributed by atoms with Crippen molar-refractivity contribution in [3.05, 3.63) is 34.3 Å². The molecule has 1 aromatic rings. The molecule has 0 aliphatic carbocycles. The van der Waals surface area contributed by atoms with Crippen LogP contribution in [0.1, 0.15) is 18.9 Å². The molecule has 0 amide bonds. The molecule has 0 saturated heterocycles. The van der Waals surface area contributed by atoms with Crippen LogP contribution in [0.2, 0.25) is 0 Å². The molecule has 17 heavy (non-hydrogen) atoms. The Bertz CT molecular complexity index is 344. The molecule has 0 bridgehead atoms. The van der Waals surface area contributed by atoms with Crippen molar-refractivity contribution in [3.63, 3.8) is 0 Å². The Hall–Kier alpha value is 0.1000. The average molecular weight is 366 g/mol. The molecule has 1 unspecified atom stereocenters. The van der Waals surface area contributed by atoms with Crippen LogP contribution in [-0.4, -0.2) is 25.7 Å². The molecule has 1 aromatic carbocycles. The van der Waals surface area contributed by atoms with Crippen molar-refractivity contribution in [2.45, 2.75) is 18.9 Å². The van der Waals surface area contributed by atoms with Gasteiger partial charge in [0, 0.05) is 30.1 Å². The van der Waals surface area contributed by atoms with E-state index < -0.39 is 0 Å². The molecule has 0 saturated carbocycles. The van der Waals surface area contributed by atoms with Gasteiger partial charge >= 0.3 is 0 Å². The van der Waals surface area contributed by atoms with E-state index in [1.165, 1.54) is 0 Å². The second-order valence-electron chi connectivity index (χ2n) is 4.04. The predicted molar refractivity (Wildman–Crippen MR) is 77.7 cm³/mol. The van der Waals surface area contributed by atoms with Crippen LogP contribution in [0.25, 0.3) is 0 Å². The minimum Gasteiger partial charge on any atom is -0.385 e. The van der Waals surface area contributed by atoms with Crippen molar-refractivity contribution in [2.75, 3.05) is 25.7 Å². The first-order valence-electron chi connectivity index (χ1n) is 5.58. The Balaban J connectivity index is 2.71. The van der Waals surface area contributed by atoms with Crippen molar-refractivity contribution in [3.8, 4) is 0 Å². The fourth-order valence-electron chi connectivity index (χ4n) is 1.58. The number of ether oxygens (including phenoxy) is 2. The van der Waals surface area contributed by atoms with Gasteiger partial charge in [0.1, 0.15) is 5.60 Å². The molecule has 0 aliphatic heterocycles. The summed E-state index contributed by atoms with van der Waals surface area (Å²) in [4.78, 5) is 0. The van der Waals surface area contributed by atoms with Gasteiger partial charge in [-0.15, -0.1) is 0 Å². The maximum absolute atomic E-state index is 5.99. The predicted octanol–water partition coefficient (Wildman–Crippen LogP) is 4.11. The van der Waals surface area contributed by atoms with Crippen LogP contribution in [-0.2, 0) is 15.1 Å². The van der Waals surface area contributed by atoms with Gasteiger partial charge in [0.2, 0.25) is 0 Å². The van der Waals surface area contributed by atoms with E-state index in [1.807, 2.05) is 18.2 Å². The number of halogens is 2. The van der Waals surface area contributed by atoms with E-state index in [1.54, 1.807) is 7.11 Å². The third-order valence-electron chi connectivity index (χ3n) is 2.61. The molecule has 96 valence electrons. The highest BCUT2D eigenvalue weighted by atomic mass is 79.9. The molecule has 0 radical (unpaired) electrons. The number of methoxy groups -OCH3 is 1. The van der Waals surface area contributed by atoms with Crippen LogP contribution < -0.4 is 0 Å². The second kappa shape index (κ2) is 7.52. The Morgan fingerprint density at radius 1 is 1.24 bits per heavy atom. The van der Waals surface area contributed by atoms with Crippen molar-refractivity contribution in [2.24, 2.45) is 0 Å². The fourth-order valence-corrected chi connectivity index (χ4v) is 2.75. The van der Waals surface area contributed by atoms with Gasteiger partial charge in [-0.25, -0.2) is 0 Å². The molecular formula is C13H18Br2O2. The molecule has 0 fully saturated rings. The summed E-state index contributed by atoms with van der Waals surface area (Å²) in [5, 5.41) is 0.760. The largest absolute Gasteiger partial charge is 0.385 e. The SMILES string of the molecule is COCCCOC(C)(CBr)c1ccccc1Br. The highest BCUT2D eigenvalue weighted by Gasteiger charge is 2.27. The van der Waals surface area contributed by atoms with E-state index in [0.29, 0.717) is 6.61 Å². The van der Waals surface area contributed by atoms with Crippen LogP contribution in [0.15, 0.2) is 28.7 Å². The molecule has 1 rings (SSSR count). The summed E-state index contributed by atoms with van der Waals surface area (Å²) in [5.74, 6) is 0. The summed E-state index contributed by atoms with van der Waals surface area (Å²) >= 11 is 7.10. The molecule has 0 heterocycles. The smallest absolute Gasteiger partial charge is 0.101 e. The number of hydrogen-bond acceptors (Lipinski definition) is 2. The maximum atomic E-state index is 5.99. The van der Waals surface area contributed by atoms with Gasteiger partial charge in [0.25, 0.3) is 0 Å². The Morgan fingerprint density at radius 3 is 2.53 bits per heavy atom. The standard InChI is InChI=1S/C13H18Br2O2/c1-13(10-14,17-9-5-8-16-2)11-6-3-4-7-12(11)15/h3-4,6-7H,5,8-10H2,1-2H3. The summed E-state index contributed by atoms with van der Waals surface area (Å²) in [5.41, 5.74) is 0.850. The van der Waals surface area contributed by atoms with E-state index in [2.05, 4.69) is 44.8 Å². The zero-order valence-corrected chi connectivity index (χ0v) is 13.4. The first-order valence-corrected chi connectivity index (χ1v) is 7.49. The lowest BCUT2D eigenvalue weighted by Gasteiger charge is -2.29. The second-order valence-corrected chi connectivity index (χ2v) is 5.45. The third-order valence-corrected chi connectivity index (χ3v) is 4.37. The summed E-state index contributed by atoms with van der Waals surface area (Å²) < 4.78 is 12.1. The first kappa shape index (κ1) is 15.2. The van der Waals surface area contributed by atoms with Gasteiger partial charge < -0.3 is 9.47 Å². The van der Waals surface area contributed by atoms with Crippen LogP contribution in [0, 0.1) is 0 Å². The lowest BCUT2D eigenvalue weighted by Crippen LogP contribution is -2.29. The number of rotatable bonds is 7. The first-order chi connectivity index (χ1) is 8.14. The van der Waals surface area contributed by atoms with Crippen molar-refractivity contribution in [1.82, 2.24) is 0 Å². The molecule has 2 nitrogen and oxygen atoms in total. The van der Waals surface area contributed by atoms with Gasteiger partial charge in [0.05, 0.1) is 0 Å². The van der Waals surface area contributed by atoms with Crippen molar-refractivity contribution < 1.29 is 9.47 Å². The quantitative estimate of drug-likeness (QED) is 0.534. The van der Waals surface area contributed by atoms with Crippen LogP contribution >= 0.6 is 31.9 Å². The number of alkyl halides is 1. The highest BCUT2D eigenvalue weighted by molar-refractivity contribution is 9.10. The summed E-state index contributed by atoms with van der Waals surface area (Å²) in [6.07, 6.45) is 0.906. The molecule has 0 aliphatic rings. The van der Waals surface area contributed by atoms with E-state index in [-0.39, 0.29) is 5.60 Å². The fraction of sp³-hybridized carbons (Fsp3) is 0.538. The zero-order chi connectivity index (χ0) is 12.7. The molecule has 0 spiro atoms. The summed E-state index contributed by atoms with van der Waals surface area (Å²) in [7, 11) is 1.71. The monoisotopic (exact) mass is 364 g/mol. The number of benzene rings is 1. The average Bonchev–Trinajstić information content (AvgIpc) is 2.35. The van der Waals surface area contributed by atoms with Gasteiger partial charge in [0.15, 0.2) is 0 Å². The molecule has 0 aromatic heterocycles. The zero-order valence-electron chi connectivity index (χ0n) is 10.2. The van der Waals surface area contributed by atoms with Gasteiger partial charge in [-0.3, -0.25) is 0 Å². The molecule has 4 heteroatoms. The third kappa shape index (κ3) is 4.36. The number of hydrogen-bond donors (Lipinski definition) is 0. The summed E-state index contributed by atoms with van der Waals surface area (Å²) in [6.45, 7) is 3.51. The highest BCUT2D eigenvalue weighted by Crippen LogP contribution is 2.33. The van der Waals surface area contributed by atoms with Gasteiger partial charge in [-0.1, -0.05) is 50.1 Å². The van der Waals surface area contributed by atoms with Gasteiger partial charge in [-0.05, 0) is 25.0 Å². The van der Waals surface area contributed by atoms with E-state index in [9.17, 15) is 0 Å². The van der Waals surface area contributed by atoms with E-state index >= 15 is 0 Å². The van der Waals surface area contributed by atoms with E-state index in [4.69, 9.17) is 9.47 Å². The van der Waals surface area contributed by atoms with Crippen LogP contribution in [0.5, 0.6) is 0 Å². The van der Waals surface area contributed by atoms with E-state index in [0.717, 1.165) is 28.4 Å². The minimum absolute atomic E-state index is 0.312. The lowest BCUT2D eigenvalue weighted by atomic mass is 9.98. The Labute approximate surface area is 120 Å². The lowest BCUT2D eigenvalue weighted by molar-refractivity contribution is -0.0246. The van der Waals surface area contributed by atoms with Gasteiger partial charge in [-0.2, -0.15) is 0 Å². The molecular weight excluding hydrogens is 348 g/mol. The molecule has 1 atom stereocenters. The van der Waals surface area contributed by atoms with Crippen molar-refractivity contribution in [1.29, 1.82) is 0 Å². The maximum Gasteiger partial charge on any atom is 0.101 e. The van der Waals surface area contributed by atoms with Crippen LogP contribution in [0.3, 0.4) is 0 Å². The van der Waals surface area contributed by atoms with Crippen molar-refractivity contribution >= 4 is 31.9 Å². The summed E-state index contributed by atoms with van der Waals surface area (Å²) in [6, 6.07) is 8.16. The minimum atomic E-state index is -0.312. The molecule has 0 N–H and O–H groups in total. The Morgan fingerprint density at radius 2 is 1.94 bits per heavy atom. The normalized spacial score (nSPS) is 14.6. The topological polar surface area (TPSA) is 18.5 Å². The Kier molecular flexibility index (Phi) is 6.70. The van der Waals surface area contributed by atoms with Crippen LogP contribution in [0.4, 0.5) is 0 Å².